The van der Waals surface area contributed by atoms with Gasteiger partial charge in [0.1, 0.15) is 0 Å². The van der Waals surface area contributed by atoms with Crippen molar-refractivity contribution in [3.63, 3.8) is 0 Å². The molecule has 0 saturated heterocycles. The Hall–Kier alpha value is 0.1000. The topological polar surface area (TPSA) is 61.4 Å². The Labute approximate surface area is 129 Å². The highest BCUT2D eigenvalue weighted by atomic mass is 35.6. The lowest BCUT2D eigenvalue weighted by Gasteiger charge is -2.52. The number of halogens is 3. The minimum Gasteiger partial charge on any atom is -0.369 e. The number of aliphatic hydroxyl groups is 1. The monoisotopic (exact) mass is 330 g/mol. The average molecular weight is 332 g/mol. The summed E-state index contributed by atoms with van der Waals surface area (Å²) in [7, 11) is 0. The molecule has 1 saturated carbocycles. The van der Waals surface area contributed by atoms with E-state index in [-0.39, 0.29) is 5.41 Å². The number of hydrogen-bond donors (Lipinski definition) is 3. The van der Waals surface area contributed by atoms with Gasteiger partial charge in [0.15, 0.2) is 6.23 Å². The van der Waals surface area contributed by atoms with Crippen molar-refractivity contribution in [3.8, 4) is 0 Å². The third-order valence-electron chi connectivity index (χ3n) is 4.25. The molecule has 4 nitrogen and oxygen atoms in total. The van der Waals surface area contributed by atoms with E-state index in [9.17, 15) is 9.90 Å². The lowest BCUT2D eigenvalue weighted by molar-refractivity contribution is -0.0197. The number of carbonyl (C=O) groups excluding carboxylic acids is 1. The van der Waals surface area contributed by atoms with E-state index < -0.39 is 16.1 Å². The molecule has 7 heteroatoms. The zero-order valence-corrected chi connectivity index (χ0v) is 13.6. The number of hydrogen-bond acceptors (Lipinski definition) is 2. The summed E-state index contributed by atoms with van der Waals surface area (Å²) < 4.78 is -1.93. The molecule has 1 aliphatic carbocycles. The molecular formula is C12H21Cl3N2O2. The van der Waals surface area contributed by atoms with Crippen molar-refractivity contribution in [1.82, 2.24) is 10.6 Å². The first-order valence-corrected chi connectivity index (χ1v) is 7.51. The maximum atomic E-state index is 11.5. The second kappa shape index (κ2) is 6.25. The molecule has 0 aliphatic heterocycles. The number of carbonyl (C=O) groups is 1. The van der Waals surface area contributed by atoms with Gasteiger partial charge in [0.2, 0.25) is 3.79 Å². The largest absolute Gasteiger partial charge is 0.369 e. The highest BCUT2D eigenvalue weighted by Gasteiger charge is 2.46. The number of amides is 2. The van der Waals surface area contributed by atoms with E-state index in [4.69, 9.17) is 34.8 Å². The molecule has 3 atom stereocenters. The molecule has 0 heterocycles. The van der Waals surface area contributed by atoms with Crippen LogP contribution in [-0.4, -0.2) is 27.7 Å². The predicted molar refractivity (Wildman–Crippen MR) is 78.5 cm³/mol. The van der Waals surface area contributed by atoms with Crippen molar-refractivity contribution < 1.29 is 9.90 Å². The highest BCUT2D eigenvalue weighted by molar-refractivity contribution is 6.68. The number of alkyl halides is 3. The molecular weight excluding hydrogens is 311 g/mol. The van der Waals surface area contributed by atoms with Gasteiger partial charge < -0.3 is 15.7 Å². The second-order valence-electron chi connectivity index (χ2n) is 5.66. The first-order chi connectivity index (χ1) is 8.59. The van der Waals surface area contributed by atoms with Gasteiger partial charge in [-0.25, -0.2) is 4.79 Å². The van der Waals surface area contributed by atoms with Crippen LogP contribution in [0.4, 0.5) is 4.79 Å². The molecule has 0 spiro atoms. The van der Waals surface area contributed by atoms with Gasteiger partial charge in [0.25, 0.3) is 0 Å². The Kier molecular flexibility index (Phi) is 5.64. The van der Waals surface area contributed by atoms with Crippen LogP contribution in [0.25, 0.3) is 0 Å². The molecule has 2 amide bonds. The van der Waals surface area contributed by atoms with E-state index >= 15 is 0 Å². The van der Waals surface area contributed by atoms with E-state index in [1.807, 2.05) is 0 Å². The van der Waals surface area contributed by atoms with E-state index in [1.165, 1.54) is 0 Å². The Morgan fingerprint density at radius 2 is 2.00 bits per heavy atom. The first-order valence-electron chi connectivity index (χ1n) is 6.38. The Balaban J connectivity index is 2.33. The van der Waals surface area contributed by atoms with Gasteiger partial charge in [0, 0.05) is 6.54 Å². The number of urea groups is 1. The first kappa shape index (κ1) is 17.2. The van der Waals surface area contributed by atoms with E-state index in [0.717, 1.165) is 12.8 Å². The van der Waals surface area contributed by atoms with Gasteiger partial charge in [-0.3, -0.25) is 0 Å². The summed E-state index contributed by atoms with van der Waals surface area (Å²) in [5.41, 5.74) is 0.232. The lowest BCUT2D eigenvalue weighted by Crippen LogP contribution is -2.53. The van der Waals surface area contributed by atoms with Crippen molar-refractivity contribution in [3.05, 3.63) is 0 Å². The van der Waals surface area contributed by atoms with Crippen LogP contribution in [0.5, 0.6) is 0 Å². The number of nitrogens with one attached hydrogen (secondary N) is 2. The van der Waals surface area contributed by atoms with Crippen LogP contribution in [0.2, 0.25) is 0 Å². The van der Waals surface area contributed by atoms with Crippen molar-refractivity contribution in [2.75, 3.05) is 6.54 Å². The smallest absolute Gasteiger partial charge is 0.316 e. The maximum Gasteiger partial charge on any atom is 0.316 e. The minimum absolute atomic E-state index is 0.232. The Morgan fingerprint density at radius 1 is 1.42 bits per heavy atom. The standard InChI is InChI=1S/C12H21Cl3N2O2/c1-4-7-5-8(11(7,2)3)6-16-10(19)17-9(18)12(13,14)15/h7-9,18H,4-6H2,1-3H3,(H2,16,17,19)/t7-,8-,9+/m1/s1. The normalized spacial score (nSPS) is 27.3. The molecule has 19 heavy (non-hydrogen) atoms. The molecule has 0 bridgehead atoms. The molecule has 0 aromatic rings. The zero-order valence-electron chi connectivity index (χ0n) is 11.3. The lowest BCUT2D eigenvalue weighted by atomic mass is 9.54. The summed E-state index contributed by atoms with van der Waals surface area (Å²) in [6, 6.07) is -0.533. The van der Waals surface area contributed by atoms with E-state index in [0.29, 0.717) is 18.4 Å². The van der Waals surface area contributed by atoms with E-state index in [2.05, 4.69) is 31.4 Å². The van der Waals surface area contributed by atoms with Gasteiger partial charge in [-0.1, -0.05) is 62.0 Å². The van der Waals surface area contributed by atoms with Crippen LogP contribution in [-0.2, 0) is 0 Å². The molecule has 0 unspecified atom stereocenters. The Morgan fingerprint density at radius 3 is 2.42 bits per heavy atom. The molecule has 0 radical (unpaired) electrons. The summed E-state index contributed by atoms with van der Waals surface area (Å²) >= 11 is 16.4. The van der Waals surface area contributed by atoms with Crippen LogP contribution in [0, 0.1) is 17.3 Å². The average Bonchev–Trinajstić information content (AvgIpc) is 2.26. The fraction of sp³-hybridized carbons (Fsp3) is 0.917. The van der Waals surface area contributed by atoms with Gasteiger partial charge in [-0.15, -0.1) is 0 Å². The molecule has 3 N–H and O–H groups in total. The van der Waals surface area contributed by atoms with Gasteiger partial charge in [-0.05, 0) is 23.7 Å². The van der Waals surface area contributed by atoms with Crippen LogP contribution in [0.3, 0.4) is 0 Å². The van der Waals surface area contributed by atoms with Crippen LogP contribution >= 0.6 is 34.8 Å². The SMILES string of the molecule is CC[C@@H]1C[C@H](CNC(=O)N[C@@H](O)C(Cl)(Cl)Cl)C1(C)C. The summed E-state index contributed by atoms with van der Waals surface area (Å²) in [5, 5.41) is 14.3. The van der Waals surface area contributed by atoms with E-state index in [1.54, 1.807) is 0 Å². The van der Waals surface area contributed by atoms with Crippen LogP contribution < -0.4 is 10.6 Å². The van der Waals surface area contributed by atoms with Gasteiger partial charge in [0.05, 0.1) is 0 Å². The fourth-order valence-electron chi connectivity index (χ4n) is 2.64. The molecule has 1 fully saturated rings. The summed E-state index contributed by atoms with van der Waals surface area (Å²) in [4.78, 5) is 11.5. The zero-order chi connectivity index (χ0) is 14.8. The highest BCUT2D eigenvalue weighted by Crippen LogP contribution is 2.52. The fourth-order valence-corrected chi connectivity index (χ4v) is 2.80. The third kappa shape index (κ3) is 4.28. The summed E-state index contributed by atoms with van der Waals surface area (Å²) in [6.45, 7) is 7.16. The van der Waals surface area contributed by atoms with Crippen molar-refractivity contribution in [1.29, 1.82) is 0 Å². The molecule has 0 aromatic heterocycles. The molecule has 112 valence electrons. The van der Waals surface area contributed by atoms with Crippen molar-refractivity contribution >= 4 is 40.8 Å². The second-order valence-corrected chi connectivity index (χ2v) is 8.03. The molecule has 1 aliphatic rings. The Bertz CT molecular complexity index is 331. The maximum absolute atomic E-state index is 11.5. The van der Waals surface area contributed by atoms with Crippen molar-refractivity contribution in [2.24, 2.45) is 17.3 Å². The summed E-state index contributed by atoms with van der Waals surface area (Å²) in [5.74, 6) is 1.14. The van der Waals surface area contributed by atoms with Gasteiger partial charge in [-0.2, -0.15) is 0 Å². The van der Waals surface area contributed by atoms with Crippen LogP contribution in [0.15, 0.2) is 0 Å². The third-order valence-corrected chi connectivity index (χ3v) is 4.87. The minimum atomic E-state index is -1.93. The number of aliphatic hydroxyl groups excluding tert-OH is 1. The van der Waals surface area contributed by atoms with Crippen LogP contribution in [0.1, 0.15) is 33.6 Å². The molecule has 0 aromatic carbocycles. The number of rotatable bonds is 4. The summed E-state index contributed by atoms with van der Waals surface area (Å²) in [6.07, 6.45) is 0.730. The predicted octanol–water partition coefficient (Wildman–Crippen LogP) is 3.05. The molecule has 1 rings (SSSR count). The van der Waals surface area contributed by atoms with Gasteiger partial charge >= 0.3 is 6.03 Å². The quantitative estimate of drug-likeness (QED) is 0.548. The van der Waals surface area contributed by atoms with Crippen molar-refractivity contribution in [2.45, 2.75) is 43.6 Å².